The van der Waals surface area contributed by atoms with Crippen molar-refractivity contribution in [1.82, 2.24) is 0 Å². The minimum absolute atomic E-state index is 0.237. The molecule has 0 saturated heterocycles. The summed E-state index contributed by atoms with van der Waals surface area (Å²) in [6, 6.07) is 7.05. The molecule has 0 bridgehead atoms. The van der Waals surface area contributed by atoms with Gasteiger partial charge in [-0.2, -0.15) is 0 Å². The summed E-state index contributed by atoms with van der Waals surface area (Å²) in [7, 11) is -3.09. The van der Waals surface area contributed by atoms with Crippen LogP contribution in [0.3, 0.4) is 0 Å². The second-order valence-electron chi connectivity index (χ2n) is 4.44. The van der Waals surface area contributed by atoms with Gasteiger partial charge in [-0.05, 0) is 37.8 Å². The molecule has 0 fully saturated rings. The molecule has 1 aromatic carbocycles. The summed E-state index contributed by atoms with van der Waals surface area (Å²) in [5, 5.41) is 0. The van der Waals surface area contributed by atoms with Crippen molar-refractivity contribution in [2.24, 2.45) is 0 Å². The van der Waals surface area contributed by atoms with E-state index in [0.29, 0.717) is 11.3 Å². The Morgan fingerprint density at radius 1 is 1.12 bits per heavy atom. The van der Waals surface area contributed by atoms with Gasteiger partial charge in [0.15, 0.2) is 9.84 Å². The molecule has 0 spiro atoms. The normalized spacial score (nSPS) is 12.0. The molecule has 89 valence electrons. The molecule has 0 unspecified atom stereocenters. The van der Waals surface area contributed by atoms with Crippen LogP contribution in [-0.4, -0.2) is 14.2 Å². The molecular weight excluding hydrogens is 220 g/mol. The molecule has 3 heteroatoms. The molecule has 0 N–H and O–H groups in total. The average molecular weight is 239 g/mol. The van der Waals surface area contributed by atoms with E-state index in [1.807, 2.05) is 32.9 Å². The van der Waals surface area contributed by atoms with Crippen molar-refractivity contribution >= 4 is 9.84 Å². The van der Waals surface area contributed by atoms with Crippen molar-refractivity contribution < 1.29 is 8.42 Å². The molecule has 0 saturated carbocycles. The fourth-order valence-electron chi connectivity index (χ4n) is 1.48. The third kappa shape index (κ3) is 3.97. The first-order valence-electron chi connectivity index (χ1n) is 5.50. The first kappa shape index (κ1) is 13.2. The molecule has 0 aliphatic rings. The highest BCUT2D eigenvalue weighted by Gasteiger charge is 2.13. The number of aryl methyl sites for hydroxylation is 1. The van der Waals surface area contributed by atoms with Crippen LogP contribution in [0.5, 0.6) is 0 Å². The lowest BCUT2D eigenvalue weighted by atomic mass is 10.1. The van der Waals surface area contributed by atoms with E-state index in [4.69, 9.17) is 0 Å². The summed E-state index contributed by atoms with van der Waals surface area (Å²) in [6.45, 7) is 6.00. The second-order valence-corrected chi connectivity index (χ2v) is 6.55. The van der Waals surface area contributed by atoms with Crippen LogP contribution >= 0.6 is 0 Å². The summed E-state index contributed by atoms with van der Waals surface area (Å²) in [5.74, 6) is 1.51. The summed E-state index contributed by atoms with van der Waals surface area (Å²) in [6.07, 6.45) is 1.59. The Bertz CT molecular complexity index is 416. The number of hydrogen-bond donors (Lipinski definition) is 0. The molecule has 0 aliphatic carbocycles. The van der Waals surface area contributed by atoms with Gasteiger partial charge in [0.1, 0.15) is 0 Å². The molecule has 0 atom stereocenters. The monoisotopic (exact) mass is 239 g/mol. The van der Waals surface area contributed by atoms with Gasteiger partial charge in [0.2, 0.25) is 0 Å². The highest BCUT2D eigenvalue weighted by atomic mass is 32.2. The van der Waals surface area contributed by atoms with E-state index in [2.05, 4.69) is 0 Å². The van der Waals surface area contributed by atoms with Crippen molar-refractivity contribution in [2.45, 2.75) is 38.5 Å². The third-order valence-electron chi connectivity index (χ3n) is 2.47. The standard InChI is InChI=1S/C13H19O2S/c1-11(2)5-4-10-16(14,15)13-8-6-12(3)7-9-13/h6-9H,4-5,10H2,1-3H3. The smallest absolute Gasteiger partial charge is 0.178 e. The maximum absolute atomic E-state index is 11.9. The van der Waals surface area contributed by atoms with E-state index >= 15 is 0 Å². The lowest BCUT2D eigenvalue weighted by molar-refractivity contribution is 0.592. The number of rotatable bonds is 5. The topological polar surface area (TPSA) is 34.1 Å². The van der Waals surface area contributed by atoms with Crippen LogP contribution in [-0.2, 0) is 9.84 Å². The Labute approximate surface area is 98.6 Å². The molecule has 0 amide bonds. The van der Waals surface area contributed by atoms with Crippen molar-refractivity contribution in [3.63, 3.8) is 0 Å². The van der Waals surface area contributed by atoms with Gasteiger partial charge in [-0.3, -0.25) is 0 Å². The number of sulfone groups is 1. The van der Waals surface area contributed by atoms with Gasteiger partial charge in [0.25, 0.3) is 0 Å². The number of hydrogen-bond acceptors (Lipinski definition) is 2. The lowest BCUT2D eigenvalue weighted by Gasteiger charge is -2.06. The van der Waals surface area contributed by atoms with E-state index in [1.54, 1.807) is 12.1 Å². The van der Waals surface area contributed by atoms with Crippen LogP contribution in [0.1, 0.15) is 32.3 Å². The minimum Gasteiger partial charge on any atom is -0.224 e. The summed E-state index contributed by atoms with van der Waals surface area (Å²) >= 11 is 0. The Hall–Kier alpha value is -0.830. The Morgan fingerprint density at radius 3 is 2.19 bits per heavy atom. The van der Waals surface area contributed by atoms with Crippen LogP contribution in [0, 0.1) is 12.8 Å². The lowest BCUT2D eigenvalue weighted by Crippen LogP contribution is -2.07. The fourth-order valence-corrected chi connectivity index (χ4v) is 2.79. The average Bonchev–Trinajstić information content (AvgIpc) is 2.17. The van der Waals surface area contributed by atoms with Crippen LogP contribution < -0.4 is 0 Å². The Kier molecular flexibility index (Phi) is 4.54. The first-order valence-corrected chi connectivity index (χ1v) is 7.15. The molecule has 0 aromatic heterocycles. The van der Waals surface area contributed by atoms with Crippen molar-refractivity contribution in [3.8, 4) is 0 Å². The highest BCUT2D eigenvalue weighted by Crippen LogP contribution is 2.15. The van der Waals surface area contributed by atoms with E-state index in [9.17, 15) is 8.42 Å². The van der Waals surface area contributed by atoms with Gasteiger partial charge in [-0.15, -0.1) is 0 Å². The molecule has 1 aromatic rings. The predicted molar refractivity (Wildman–Crippen MR) is 67.1 cm³/mol. The maximum atomic E-state index is 11.9. The Morgan fingerprint density at radius 2 is 1.69 bits per heavy atom. The van der Waals surface area contributed by atoms with Crippen LogP contribution in [0.2, 0.25) is 0 Å². The predicted octanol–water partition coefficient (Wildman–Crippen LogP) is 3.16. The SMILES string of the molecule is C[C](C)CCCS(=O)(=O)c1ccc(C)cc1. The van der Waals surface area contributed by atoms with E-state index < -0.39 is 9.84 Å². The maximum Gasteiger partial charge on any atom is 0.178 e. The molecule has 0 aliphatic heterocycles. The molecule has 16 heavy (non-hydrogen) atoms. The van der Waals surface area contributed by atoms with Crippen LogP contribution in [0.15, 0.2) is 29.2 Å². The van der Waals surface area contributed by atoms with Gasteiger partial charge in [0, 0.05) is 0 Å². The zero-order valence-electron chi connectivity index (χ0n) is 10.2. The van der Waals surface area contributed by atoms with Crippen LogP contribution in [0.25, 0.3) is 0 Å². The minimum atomic E-state index is -3.09. The van der Waals surface area contributed by atoms with Gasteiger partial charge < -0.3 is 0 Å². The summed E-state index contributed by atoms with van der Waals surface area (Å²) in [4.78, 5) is 0.437. The summed E-state index contributed by atoms with van der Waals surface area (Å²) < 4.78 is 23.8. The van der Waals surface area contributed by atoms with Gasteiger partial charge in [-0.1, -0.05) is 31.5 Å². The summed E-state index contributed by atoms with van der Waals surface area (Å²) in [5.41, 5.74) is 1.08. The molecule has 1 rings (SSSR count). The van der Waals surface area contributed by atoms with Gasteiger partial charge >= 0.3 is 0 Å². The zero-order chi connectivity index (χ0) is 12.2. The van der Waals surface area contributed by atoms with Crippen molar-refractivity contribution in [1.29, 1.82) is 0 Å². The van der Waals surface area contributed by atoms with E-state index in [1.165, 1.54) is 5.92 Å². The second kappa shape index (κ2) is 5.48. The van der Waals surface area contributed by atoms with Crippen molar-refractivity contribution in [3.05, 3.63) is 35.7 Å². The zero-order valence-corrected chi connectivity index (χ0v) is 11.0. The number of benzene rings is 1. The third-order valence-corrected chi connectivity index (χ3v) is 4.29. The molecule has 0 heterocycles. The van der Waals surface area contributed by atoms with Crippen LogP contribution in [0.4, 0.5) is 0 Å². The van der Waals surface area contributed by atoms with Crippen molar-refractivity contribution in [2.75, 3.05) is 5.75 Å². The molecular formula is C13H19O2S. The molecule has 1 radical (unpaired) electrons. The highest BCUT2D eigenvalue weighted by molar-refractivity contribution is 7.91. The fraction of sp³-hybridized carbons (Fsp3) is 0.462. The van der Waals surface area contributed by atoms with E-state index in [0.717, 1.165) is 12.0 Å². The Balaban J connectivity index is 2.67. The molecule has 2 nitrogen and oxygen atoms in total. The van der Waals surface area contributed by atoms with E-state index in [-0.39, 0.29) is 5.75 Å². The van der Waals surface area contributed by atoms with Gasteiger partial charge in [0.05, 0.1) is 10.6 Å². The largest absolute Gasteiger partial charge is 0.224 e. The first-order chi connectivity index (χ1) is 7.42. The quantitative estimate of drug-likeness (QED) is 0.791. The van der Waals surface area contributed by atoms with Gasteiger partial charge in [-0.25, -0.2) is 8.42 Å².